The highest BCUT2D eigenvalue weighted by Gasteiger charge is 2.39. The number of nitrogens with zero attached hydrogens (tertiary/aromatic N) is 1. The summed E-state index contributed by atoms with van der Waals surface area (Å²) in [6, 6.07) is 8.50. The third kappa shape index (κ3) is 13.9. The van der Waals surface area contributed by atoms with Crippen molar-refractivity contribution in [1.29, 1.82) is 0 Å². The molecule has 1 fully saturated rings. The van der Waals surface area contributed by atoms with Crippen LogP contribution in [-0.2, 0) is 20.5 Å². The maximum absolute atomic E-state index is 12.9. The molecule has 0 radical (unpaired) electrons. The Balaban J connectivity index is 1.40. The number of benzene rings is 2. The van der Waals surface area contributed by atoms with Gasteiger partial charge in [-0.2, -0.15) is 13.2 Å². The summed E-state index contributed by atoms with van der Waals surface area (Å²) in [4.78, 5) is 39.1. The maximum Gasteiger partial charge on any atom is 0.416 e. The second-order valence-electron chi connectivity index (χ2n) is 11.7. The fourth-order valence-corrected chi connectivity index (χ4v) is 5.34. The summed E-state index contributed by atoms with van der Waals surface area (Å²) in [7, 11) is 1.35. The normalized spacial score (nSPS) is 19.6. The Bertz CT molecular complexity index is 1500. The molecule has 0 heterocycles. The number of ether oxygens (including phenoxy) is 4. The average Bonchev–Trinajstić information content (AvgIpc) is 3.36. The first-order valence-corrected chi connectivity index (χ1v) is 16.3. The average molecular weight is 726 g/mol. The van der Waals surface area contributed by atoms with E-state index in [4.69, 9.17) is 18.9 Å². The van der Waals surface area contributed by atoms with E-state index in [1.54, 1.807) is 6.08 Å². The first-order chi connectivity index (χ1) is 24.3. The molecule has 0 unspecified atom stereocenters. The number of aliphatic hydroxyl groups excluding tert-OH is 3. The molecular formula is C35H42F3NO12. The van der Waals surface area contributed by atoms with Gasteiger partial charge in [0.1, 0.15) is 18.5 Å². The van der Waals surface area contributed by atoms with Crippen molar-refractivity contribution in [1.82, 2.24) is 0 Å². The molecule has 0 spiro atoms. The second-order valence-corrected chi connectivity index (χ2v) is 11.7. The summed E-state index contributed by atoms with van der Waals surface area (Å²) in [6.07, 6.45) is 1.63. The van der Waals surface area contributed by atoms with Crippen molar-refractivity contribution < 1.29 is 67.0 Å². The predicted molar refractivity (Wildman–Crippen MR) is 174 cm³/mol. The number of hydrogen-bond donors (Lipinski definition) is 3. The lowest BCUT2D eigenvalue weighted by Gasteiger charge is -2.19. The second kappa shape index (κ2) is 20.2. The van der Waals surface area contributed by atoms with Gasteiger partial charge in [0, 0.05) is 18.8 Å². The van der Waals surface area contributed by atoms with E-state index in [1.807, 2.05) is 12.2 Å². The summed E-state index contributed by atoms with van der Waals surface area (Å²) in [6.45, 7) is -0.376. The quantitative estimate of drug-likeness (QED) is 0.0404. The number of hydrogen-bond acceptors (Lipinski definition) is 12. The first-order valence-electron chi connectivity index (χ1n) is 16.3. The Hall–Kier alpha value is -4.67. The van der Waals surface area contributed by atoms with Crippen molar-refractivity contribution in [3.63, 3.8) is 0 Å². The Morgan fingerprint density at radius 3 is 2.53 bits per heavy atom. The number of allylic oxidation sites excluding steroid dienone is 2. The number of aliphatic hydroxyl groups is 3. The SMILES string of the molecule is COc1cc(C(=O)OCCCCO[N+](=O)[O-])ccc1OC(=O)CCCC=CC[C@@H]1[C@@H](C=C[C@@H](O)COc2cccc(C(F)(F)F)c2)[C@H](O)C[C@@H]1O. The zero-order valence-corrected chi connectivity index (χ0v) is 27.9. The lowest BCUT2D eigenvalue weighted by Crippen LogP contribution is -2.21. The van der Waals surface area contributed by atoms with Crippen LogP contribution in [0.5, 0.6) is 17.2 Å². The summed E-state index contributed by atoms with van der Waals surface area (Å²) in [5, 5.41) is 40.5. The van der Waals surface area contributed by atoms with E-state index in [0.717, 1.165) is 12.1 Å². The molecule has 1 aliphatic carbocycles. The molecule has 3 rings (SSSR count). The van der Waals surface area contributed by atoms with Gasteiger partial charge >= 0.3 is 18.1 Å². The van der Waals surface area contributed by atoms with Gasteiger partial charge < -0.3 is 39.1 Å². The predicted octanol–water partition coefficient (Wildman–Crippen LogP) is 5.24. The van der Waals surface area contributed by atoms with Gasteiger partial charge in [0.15, 0.2) is 11.5 Å². The standard InChI is InChI=1S/C35H42F3NO12/c1-47-32-19-23(34(44)48-17-6-7-18-50-39(45)46)13-16-31(32)51-33(43)12-5-3-2-4-11-27-28(30(42)21-29(27)41)15-14-25(40)22-49-26-10-8-9-24(20-26)35(36,37)38/h2,4,8-10,13-16,19-20,25,27-30,40-42H,3,5-7,11-12,17-18,21-22H2,1H3/t25-,27-,28-,29+,30-/m1/s1. The summed E-state index contributed by atoms with van der Waals surface area (Å²) in [5.41, 5.74) is -0.708. The van der Waals surface area contributed by atoms with Crippen LogP contribution < -0.4 is 14.2 Å². The molecule has 5 atom stereocenters. The number of methoxy groups -OCH3 is 1. The minimum atomic E-state index is -4.53. The van der Waals surface area contributed by atoms with Crippen LogP contribution in [0, 0.1) is 22.0 Å². The Morgan fingerprint density at radius 1 is 1.04 bits per heavy atom. The van der Waals surface area contributed by atoms with Crippen LogP contribution in [0.2, 0.25) is 0 Å². The lowest BCUT2D eigenvalue weighted by molar-refractivity contribution is -0.757. The van der Waals surface area contributed by atoms with Crippen LogP contribution in [0.25, 0.3) is 0 Å². The van der Waals surface area contributed by atoms with E-state index in [-0.39, 0.29) is 61.4 Å². The van der Waals surface area contributed by atoms with E-state index in [9.17, 15) is 48.2 Å². The van der Waals surface area contributed by atoms with Gasteiger partial charge in [-0.3, -0.25) is 4.79 Å². The van der Waals surface area contributed by atoms with Crippen LogP contribution in [0.3, 0.4) is 0 Å². The van der Waals surface area contributed by atoms with E-state index in [2.05, 4.69) is 4.84 Å². The topological polar surface area (TPSA) is 184 Å². The molecule has 0 amide bonds. The molecular weight excluding hydrogens is 683 g/mol. The highest BCUT2D eigenvalue weighted by atomic mass is 19.4. The number of carbonyl (C=O) groups excluding carboxylic acids is 2. The van der Waals surface area contributed by atoms with Gasteiger partial charge in [-0.05, 0) is 74.4 Å². The van der Waals surface area contributed by atoms with Crippen LogP contribution in [0.1, 0.15) is 60.9 Å². The van der Waals surface area contributed by atoms with Gasteiger partial charge in [0.2, 0.25) is 0 Å². The van der Waals surface area contributed by atoms with Crippen LogP contribution >= 0.6 is 0 Å². The largest absolute Gasteiger partial charge is 0.493 e. The molecule has 1 aliphatic rings. The fourth-order valence-electron chi connectivity index (χ4n) is 5.34. The molecule has 2 aromatic rings. The number of esters is 2. The van der Waals surface area contributed by atoms with Crippen molar-refractivity contribution in [2.24, 2.45) is 11.8 Å². The monoisotopic (exact) mass is 725 g/mol. The minimum Gasteiger partial charge on any atom is -0.493 e. The fraction of sp³-hybridized carbons (Fsp3) is 0.486. The smallest absolute Gasteiger partial charge is 0.416 e. The molecule has 0 bridgehead atoms. The van der Waals surface area contributed by atoms with E-state index >= 15 is 0 Å². The summed E-state index contributed by atoms with van der Waals surface area (Å²) < 4.78 is 59.8. The molecule has 0 saturated heterocycles. The molecule has 2 aromatic carbocycles. The van der Waals surface area contributed by atoms with E-state index < -0.39 is 53.0 Å². The van der Waals surface area contributed by atoms with Crippen molar-refractivity contribution in [2.45, 2.75) is 69.4 Å². The van der Waals surface area contributed by atoms with Gasteiger partial charge in [0.25, 0.3) is 5.09 Å². The lowest BCUT2D eigenvalue weighted by atomic mass is 9.89. The summed E-state index contributed by atoms with van der Waals surface area (Å²) in [5.74, 6) is -1.78. The van der Waals surface area contributed by atoms with E-state index in [1.165, 1.54) is 43.5 Å². The molecule has 280 valence electrons. The number of rotatable bonds is 20. The number of carbonyl (C=O) groups is 2. The Morgan fingerprint density at radius 2 is 1.80 bits per heavy atom. The molecule has 16 heteroatoms. The van der Waals surface area contributed by atoms with Crippen LogP contribution in [-0.4, -0.2) is 77.6 Å². The van der Waals surface area contributed by atoms with Crippen LogP contribution in [0.15, 0.2) is 66.8 Å². The van der Waals surface area contributed by atoms with E-state index in [0.29, 0.717) is 32.1 Å². The molecule has 1 saturated carbocycles. The highest BCUT2D eigenvalue weighted by Crippen LogP contribution is 2.37. The maximum atomic E-state index is 12.9. The number of unbranched alkanes of at least 4 members (excludes halogenated alkanes) is 2. The van der Waals surface area contributed by atoms with Gasteiger partial charge in [0.05, 0.1) is 43.7 Å². The van der Waals surface area contributed by atoms with Gasteiger partial charge in [-0.25, -0.2) is 4.79 Å². The van der Waals surface area contributed by atoms with Gasteiger partial charge in [-0.15, -0.1) is 10.1 Å². The van der Waals surface area contributed by atoms with Crippen molar-refractivity contribution in [3.8, 4) is 17.2 Å². The molecule has 3 N–H and O–H groups in total. The number of alkyl halides is 3. The first kappa shape index (κ1) is 40.8. The Labute approximate surface area is 292 Å². The van der Waals surface area contributed by atoms with Gasteiger partial charge in [-0.1, -0.05) is 30.4 Å². The molecule has 13 nitrogen and oxygen atoms in total. The van der Waals surface area contributed by atoms with Crippen LogP contribution in [0.4, 0.5) is 13.2 Å². The highest BCUT2D eigenvalue weighted by molar-refractivity contribution is 5.90. The van der Waals surface area contributed by atoms with Crippen molar-refractivity contribution in [2.75, 3.05) is 26.9 Å². The molecule has 51 heavy (non-hydrogen) atoms. The summed E-state index contributed by atoms with van der Waals surface area (Å²) >= 11 is 0. The third-order valence-electron chi connectivity index (χ3n) is 7.97. The van der Waals surface area contributed by atoms with Crippen molar-refractivity contribution in [3.05, 3.63) is 88.0 Å². The molecule has 0 aromatic heterocycles. The third-order valence-corrected chi connectivity index (χ3v) is 7.97. The Kier molecular flexibility index (Phi) is 16.2. The molecule has 0 aliphatic heterocycles. The zero-order chi connectivity index (χ0) is 37.4. The van der Waals surface area contributed by atoms with Crippen molar-refractivity contribution >= 4 is 11.9 Å². The minimum absolute atomic E-state index is 0.0335. The zero-order valence-electron chi connectivity index (χ0n) is 27.9. The number of halogens is 3.